The lowest BCUT2D eigenvalue weighted by atomic mass is 9.95. The Morgan fingerprint density at radius 1 is 1.40 bits per heavy atom. The molecule has 0 saturated heterocycles. The molecule has 0 unspecified atom stereocenters. The van der Waals surface area contributed by atoms with Crippen LogP contribution in [-0.4, -0.2) is 18.4 Å². The van der Waals surface area contributed by atoms with Crippen molar-refractivity contribution in [3.63, 3.8) is 0 Å². The first kappa shape index (κ1) is 11.7. The first-order valence-electron chi connectivity index (χ1n) is 4.89. The Balaban J connectivity index is 2.91. The molecule has 0 radical (unpaired) electrons. The molecular formula is C12H17NO2. The summed E-state index contributed by atoms with van der Waals surface area (Å²) in [4.78, 5) is 11.9. The molecule has 0 aliphatic heterocycles. The number of carbonyl (C=O) groups excluding carboxylic acids is 1. The average molecular weight is 207 g/mol. The van der Waals surface area contributed by atoms with Crippen molar-refractivity contribution in [2.45, 2.75) is 25.8 Å². The molecule has 2 N–H and O–H groups in total. The van der Waals surface area contributed by atoms with Gasteiger partial charge in [-0.2, -0.15) is 0 Å². The molecule has 0 amide bonds. The molecule has 3 heteroatoms. The van der Waals surface area contributed by atoms with Crippen molar-refractivity contribution in [3.05, 3.63) is 29.8 Å². The Bertz CT molecular complexity index is 353. The van der Waals surface area contributed by atoms with Gasteiger partial charge in [0.25, 0.3) is 0 Å². The number of hydrogen-bond acceptors (Lipinski definition) is 3. The van der Waals surface area contributed by atoms with E-state index in [9.17, 15) is 4.79 Å². The summed E-state index contributed by atoms with van der Waals surface area (Å²) in [7, 11) is 1.56. The van der Waals surface area contributed by atoms with Gasteiger partial charge in [0.15, 0.2) is 5.78 Å². The molecule has 0 saturated carbocycles. The number of Topliss-reactive ketones (excluding diaryl/α,β-unsaturated/α-hetero) is 1. The molecule has 15 heavy (non-hydrogen) atoms. The van der Waals surface area contributed by atoms with Crippen molar-refractivity contribution >= 4 is 5.78 Å². The minimum Gasteiger partial charge on any atom is -0.496 e. The Hall–Kier alpha value is -1.35. The zero-order valence-corrected chi connectivity index (χ0v) is 9.41. The van der Waals surface area contributed by atoms with Crippen LogP contribution in [0.3, 0.4) is 0 Å². The average Bonchev–Trinajstić information content (AvgIpc) is 2.15. The van der Waals surface area contributed by atoms with Crippen LogP contribution in [0.5, 0.6) is 5.75 Å². The summed E-state index contributed by atoms with van der Waals surface area (Å²) >= 11 is 0. The van der Waals surface area contributed by atoms with Gasteiger partial charge in [0, 0.05) is 12.0 Å². The van der Waals surface area contributed by atoms with E-state index in [1.807, 2.05) is 26.0 Å². The maximum absolute atomic E-state index is 11.9. The molecule has 1 aromatic carbocycles. The van der Waals surface area contributed by atoms with Crippen LogP contribution in [0.2, 0.25) is 0 Å². The van der Waals surface area contributed by atoms with Gasteiger partial charge in [-0.1, -0.05) is 12.1 Å². The van der Waals surface area contributed by atoms with Crippen molar-refractivity contribution in [1.82, 2.24) is 0 Å². The summed E-state index contributed by atoms with van der Waals surface area (Å²) in [5.41, 5.74) is 5.91. The second-order valence-corrected chi connectivity index (χ2v) is 4.29. The van der Waals surface area contributed by atoms with Gasteiger partial charge in [-0.15, -0.1) is 0 Å². The smallest absolute Gasteiger partial charge is 0.168 e. The monoisotopic (exact) mass is 207 g/mol. The zero-order chi connectivity index (χ0) is 11.5. The molecule has 0 bridgehead atoms. The first-order valence-corrected chi connectivity index (χ1v) is 4.89. The number of nitrogens with two attached hydrogens (primary N) is 1. The SMILES string of the molecule is COc1ccccc1C(=O)CC(C)(C)N. The number of ketones is 1. The van der Waals surface area contributed by atoms with Crippen LogP contribution in [0.15, 0.2) is 24.3 Å². The summed E-state index contributed by atoms with van der Waals surface area (Å²) in [5.74, 6) is 0.617. The summed E-state index contributed by atoms with van der Waals surface area (Å²) < 4.78 is 5.12. The van der Waals surface area contributed by atoms with Gasteiger partial charge in [0.05, 0.1) is 12.7 Å². The Labute approximate surface area is 90.2 Å². The van der Waals surface area contributed by atoms with E-state index in [0.29, 0.717) is 17.7 Å². The molecule has 0 fully saturated rings. The molecule has 3 nitrogen and oxygen atoms in total. The fourth-order valence-corrected chi connectivity index (χ4v) is 1.38. The van der Waals surface area contributed by atoms with Gasteiger partial charge in [-0.25, -0.2) is 0 Å². The van der Waals surface area contributed by atoms with E-state index in [4.69, 9.17) is 10.5 Å². The van der Waals surface area contributed by atoms with Gasteiger partial charge < -0.3 is 10.5 Å². The molecule has 0 heterocycles. The van der Waals surface area contributed by atoms with E-state index < -0.39 is 5.54 Å². The third-order valence-electron chi connectivity index (χ3n) is 2.02. The topological polar surface area (TPSA) is 52.3 Å². The third-order valence-corrected chi connectivity index (χ3v) is 2.02. The van der Waals surface area contributed by atoms with Crippen LogP contribution >= 0.6 is 0 Å². The number of carbonyl (C=O) groups is 1. The van der Waals surface area contributed by atoms with Crippen LogP contribution in [-0.2, 0) is 0 Å². The normalized spacial score (nSPS) is 11.2. The lowest BCUT2D eigenvalue weighted by molar-refractivity contribution is 0.0957. The number of hydrogen-bond donors (Lipinski definition) is 1. The molecule has 1 aromatic rings. The molecular weight excluding hydrogens is 190 g/mol. The zero-order valence-electron chi connectivity index (χ0n) is 9.41. The lowest BCUT2D eigenvalue weighted by Crippen LogP contribution is -2.34. The summed E-state index contributed by atoms with van der Waals surface area (Å²) in [6.45, 7) is 3.67. The van der Waals surface area contributed by atoms with Crippen molar-refractivity contribution in [2.75, 3.05) is 7.11 Å². The molecule has 0 aliphatic rings. The molecule has 1 rings (SSSR count). The van der Waals surface area contributed by atoms with Crippen LogP contribution in [0.25, 0.3) is 0 Å². The van der Waals surface area contributed by atoms with Gasteiger partial charge in [0.2, 0.25) is 0 Å². The van der Waals surface area contributed by atoms with E-state index in [1.54, 1.807) is 19.2 Å². The fourth-order valence-electron chi connectivity index (χ4n) is 1.38. The van der Waals surface area contributed by atoms with Gasteiger partial charge in [-0.3, -0.25) is 4.79 Å². The summed E-state index contributed by atoms with van der Waals surface area (Å²) in [5, 5.41) is 0. The van der Waals surface area contributed by atoms with E-state index >= 15 is 0 Å². The van der Waals surface area contributed by atoms with Crippen LogP contribution < -0.4 is 10.5 Å². The van der Waals surface area contributed by atoms with Crippen molar-refractivity contribution in [2.24, 2.45) is 5.73 Å². The number of methoxy groups -OCH3 is 1. The van der Waals surface area contributed by atoms with Crippen molar-refractivity contribution in [1.29, 1.82) is 0 Å². The molecule has 0 spiro atoms. The number of ether oxygens (including phenoxy) is 1. The highest BCUT2D eigenvalue weighted by atomic mass is 16.5. The van der Waals surface area contributed by atoms with Crippen molar-refractivity contribution < 1.29 is 9.53 Å². The molecule has 0 aliphatic carbocycles. The highest BCUT2D eigenvalue weighted by Gasteiger charge is 2.19. The Morgan fingerprint density at radius 2 is 2.00 bits per heavy atom. The second-order valence-electron chi connectivity index (χ2n) is 4.29. The molecule has 82 valence electrons. The summed E-state index contributed by atoms with van der Waals surface area (Å²) in [6.07, 6.45) is 0.313. The summed E-state index contributed by atoms with van der Waals surface area (Å²) in [6, 6.07) is 7.19. The minimum absolute atomic E-state index is 0.0138. The van der Waals surface area contributed by atoms with E-state index in [-0.39, 0.29) is 5.78 Å². The van der Waals surface area contributed by atoms with Gasteiger partial charge >= 0.3 is 0 Å². The van der Waals surface area contributed by atoms with E-state index in [1.165, 1.54) is 0 Å². The lowest BCUT2D eigenvalue weighted by Gasteiger charge is -2.17. The number of para-hydroxylation sites is 1. The molecule has 0 aromatic heterocycles. The van der Waals surface area contributed by atoms with Crippen molar-refractivity contribution in [3.8, 4) is 5.75 Å². The first-order chi connectivity index (χ1) is 6.94. The van der Waals surface area contributed by atoms with Gasteiger partial charge in [-0.05, 0) is 26.0 Å². The highest BCUT2D eigenvalue weighted by molar-refractivity contribution is 5.99. The predicted molar refractivity (Wildman–Crippen MR) is 60.2 cm³/mol. The largest absolute Gasteiger partial charge is 0.496 e. The molecule has 0 atom stereocenters. The van der Waals surface area contributed by atoms with Crippen LogP contribution in [0, 0.1) is 0 Å². The van der Waals surface area contributed by atoms with Gasteiger partial charge in [0.1, 0.15) is 5.75 Å². The number of benzene rings is 1. The Morgan fingerprint density at radius 3 is 2.53 bits per heavy atom. The quantitative estimate of drug-likeness (QED) is 0.768. The number of rotatable bonds is 4. The Kier molecular flexibility index (Phi) is 3.48. The fraction of sp³-hybridized carbons (Fsp3) is 0.417. The maximum atomic E-state index is 11.9. The van der Waals surface area contributed by atoms with Crippen LogP contribution in [0.4, 0.5) is 0 Å². The maximum Gasteiger partial charge on any atom is 0.168 e. The van der Waals surface area contributed by atoms with E-state index in [0.717, 1.165) is 0 Å². The van der Waals surface area contributed by atoms with E-state index in [2.05, 4.69) is 0 Å². The predicted octanol–water partition coefficient (Wildman–Crippen LogP) is 2.01. The highest BCUT2D eigenvalue weighted by Crippen LogP contribution is 2.21. The standard InChI is InChI=1S/C12H17NO2/c1-12(2,13)8-10(14)9-6-4-5-7-11(9)15-3/h4-7H,8,13H2,1-3H3. The van der Waals surface area contributed by atoms with Crippen LogP contribution in [0.1, 0.15) is 30.6 Å². The minimum atomic E-state index is -0.488. The third kappa shape index (κ3) is 3.36. The second kappa shape index (κ2) is 4.45.